The lowest BCUT2D eigenvalue weighted by Crippen LogP contribution is -2.57. The monoisotopic (exact) mass is 346 g/mol. The number of carbonyl (C=O) groups is 1. The molecule has 2 aliphatic heterocycles. The summed E-state index contributed by atoms with van der Waals surface area (Å²) in [6.45, 7) is 3.04. The summed E-state index contributed by atoms with van der Waals surface area (Å²) < 4.78 is 11.3. The SMILES string of the molecule is COC1(C(=O)N2CCOC(c3nnn(C)n3)C2)CCNCC1.Cl. The number of ether oxygens (including phenoxy) is 2. The van der Waals surface area contributed by atoms with Crippen LogP contribution >= 0.6 is 12.4 Å². The van der Waals surface area contributed by atoms with Crippen molar-refractivity contribution < 1.29 is 14.3 Å². The maximum absolute atomic E-state index is 12.9. The summed E-state index contributed by atoms with van der Waals surface area (Å²) in [5.41, 5.74) is -0.719. The standard InChI is InChI=1S/C13H22N6O3.ClH/c1-18-16-11(15-17-18)10-9-19(7-8-22-10)12(20)13(21-2)3-5-14-6-4-13;/h10,14H,3-9H2,1-2H3;1H. The fourth-order valence-corrected chi connectivity index (χ4v) is 3.04. The number of rotatable bonds is 3. The second-order valence-electron chi connectivity index (χ2n) is 5.70. The highest BCUT2D eigenvalue weighted by molar-refractivity contribution is 5.86. The fourth-order valence-electron chi connectivity index (χ4n) is 3.04. The van der Waals surface area contributed by atoms with Crippen molar-refractivity contribution in [1.29, 1.82) is 0 Å². The molecule has 0 saturated carbocycles. The lowest BCUT2D eigenvalue weighted by Gasteiger charge is -2.41. The molecule has 9 nitrogen and oxygen atoms in total. The lowest BCUT2D eigenvalue weighted by atomic mass is 9.90. The van der Waals surface area contributed by atoms with E-state index >= 15 is 0 Å². The molecule has 0 spiro atoms. The van der Waals surface area contributed by atoms with E-state index in [0.717, 1.165) is 13.1 Å². The molecule has 3 rings (SSSR count). The van der Waals surface area contributed by atoms with Gasteiger partial charge in [0.25, 0.3) is 5.91 Å². The van der Waals surface area contributed by atoms with Crippen molar-refractivity contribution in [2.75, 3.05) is 39.9 Å². The van der Waals surface area contributed by atoms with E-state index in [1.165, 1.54) is 4.80 Å². The highest BCUT2D eigenvalue weighted by Gasteiger charge is 2.44. The van der Waals surface area contributed by atoms with Gasteiger partial charge in [-0.3, -0.25) is 4.79 Å². The van der Waals surface area contributed by atoms with Crippen LogP contribution in [0.4, 0.5) is 0 Å². The Kier molecular flexibility index (Phi) is 5.90. The van der Waals surface area contributed by atoms with E-state index in [0.29, 0.717) is 38.4 Å². The van der Waals surface area contributed by atoms with Crippen molar-refractivity contribution in [3.63, 3.8) is 0 Å². The third-order valence-corrected chi connectivity index (χ3v) is 4.36. The number of nitrogens with zero attached hydrogens (tertiary/aromatic N) is 5. The van der Waals surface area contributed by atoms with Crippen molar-refractivity contribution in [3.8, 4) is 0 Å². The van der Waals surface area contributed by atoms with Crippen molar-refractivity contribution >= 4 is 18.3 Å². The molecule has 0 radical (unpaired) electrons. The predicted octanol–water partition coefficient (Wildman–Crippen LogP) is -0.700. The van der Waals surface area contributed by atoms with Gasteiger partial charge in [0.2, 0.25) is 5.82 Å². The highest BCUT2D eigenvalue weighted by atomic mass is 35.5. The van der Waals surface area contributed by atoms with Gasteiger partial charge in [0, 0.05) is 13.7 Å². The zero-order valence-electron chi connectivity index (χ0n) is 13.4. The number of carbonyl (C=O) groups excluding carboxylic acids is 1. The van der Waals surface area contributed by atoms with Crippen LogP contribution in [-0.4, -0.2) is 76.5 Å². The number of nitrogens with one attached hydrogen (secondary N) is 1. The summed E-state index contributed by atoms with van der Waals surface area (Å²) in [5.74, 6) is 0.547. The highest BCUT2D eigenvalue weighted by Crippen LogP contribution is 2.28. The molecule has 0 aromatic carbocycles. The van der Waals surface area contributed by atoms with Gasteiger partial charge in [0.15, 0.2) is 0 Å². The molecule has 1 unspecified atom stereocenters. The molecule has 1 aromatic heterocycles. The van der Waals surface area contributed by atoms with Gasteiger partial charge in [0.05, 0.1) is 20.2 Å². The van der Waals surface area contributed by atoms with Crippen molar-refractivity contribution in [3.05, 3.63) is 5.82 Å². The Labute approximate surface area is 141 Å². The van der Waals surface area contributed by atoms with Gasteiger partial charge in [-0.25, -0.2) is 0 Å². The number of hydrogen-bond donors (Lipinski definition) is 1. The maximum atomic E-state index is 12.9. The van der Waals surface area contributed by atoms with Crippen molar-refractivity contribution in [2.24, 2.45) is 7.05 Å². The number of tetrazole rings is 1. The van der Waals surface area contributed by atoms with Crippen LogP contribution in [0.5, 0.6) is 0 Å². The number of methoxy groups -OCH3 is 1. The largest absolute Gasteiger partial charge is 0.368 e. The lowest BCUT2D eigenvalue weighted by molar-refractivity contribution is -0.165. The summed E-state index contributed by atoms with van der Waals surface area (Å²) in [6.07, 6.45) is 1.05. The summed E-state index contributed by atoms with van der Waals surface area (Å²) in [7, 11) is 3.32. The number of amides is 1. The Morgan fingerprint density at radius 3 is 2.78 bits per heavy atom. The van der Waals surface area contributed by atoms with Gasteiger partial charge in [-0.2, -0.15) is 4.80 Å². The van der Waals surface area contributed by atoms with Crippen molar-refractivity contribution in [2.45, 2.75) is 24.5 Å². The molecule has 2 saturated heterocycles. The van der Waals surface area contributed by atoms with E-state index in [4.69, 9.17) is 9.47 Å². The Morgan fingerprint density at radius 2 is 2.17 bits per heavy atom. The molecule has 2 aliphatic rings. The minimum absolute atomic E-state index is 0. The Morgan fingerprint density at radius 1 is 1.43 bits per heavy atom. The zero-order chi connectivity index (χ0) is 15.6. The maximum Gasteiger partial charge on any atom is 0.255 e. The average Bonchev–Trinajstić information content (AvgIpc) is 3.01. The van der Waals surface area contributed by atoms with E-state index < -0.39 is 5.60 Å². The minimum atomic E-state index is -0.719. The first-order valence-corrected chi connectivity index (χ1v) is 7.55. The minimum Gasteiger partial charge on any atom is -0.368 e. The molecule has 10 heteroatoms. The van der Waals surface area contributed by atoms with Crippen LogP contribution in [-0.2, 0) is 21.3 Å². The van der Waals surface area contributed by atoms with Gasteiger partial charge in [0.1, 0.15) is 11.7 Å². The molecule has 2 fully saturated rings. The quantitative estimate of drug-likeness (QED) is 0.773. The summed E-state index contributed by atoms with van der Waals surface area (Å²) in [6, 6.07) is 0. The van der Waals surface area contributed by atoms with Crippen LogP contribution in [0.3, 0.4) is 0 Å². The summed E-state index contributed by atoms with van der Waals surface area (Å²) >= 11 is 0. The fraction of sp³-hybridized carbons (Fsp3) is 0.846. The first-order chi connectivity index (χ1) is 10.6. The molecule has 23 heavy (non-hydrogen) atoms. The summed E-state index contributed by atoms with van der Waals surface area (Å²) in [4.78, 5) is 16.1. The van der Waals surface area contributed by atoms with Crippen LogP contribution in [0, 0.1) is 0 Å². The summed E-state index contributed by atoms with van der Waals surface area (Å²) in [5, 5.41) is 15.2. The first-order valence-electron chi connectivity index (χ1n) is 7.55. The van der Waals surface area contributed by atoms with Gasteiger partial charge in [-0.15, -0.1) is 22.6 Å². The number of halogens is 1. The molecule has 130 valence electrons. The van der Waals surface area contributed by atoms with Crippen LogP contribution in [0.25, 0.3) is 0 Å². The van der Waals surface area contributed by atoms with Crippen LogP contribution in [0.1, 0.15) is 24.8 Å². The molecule has 1 amide bonds. The van der Waals surface area contributed by atoms with Crippen LogP contribution in [0.15, 0.2) is 0 Å². The topological polar surface area (TPSA) is 94.4 Å². The average molecular weight is 347 g/mol. The third kappa shape index (κ3) is 3.63. The third-order valence-electron chi connectivity index (χ3n) is 4.36. The van der Waals surface area contributed by atoms with E-state index in [9.17, 15) is 4.79 Å². The van der Waals surface area contributed by atoms with Crippen LogP contribution in [0.2, 0.25) is 0 Å². The Hall–Kier alpha value is -1.29. The molecular weight excluding hydrogens is 324 g/mol. The van der Waals surface area contributed by atoms with Crippen LogP contribution < -0.4 is 5.32 Å². The number of piperidine rings is 1. The molecule has 1 atom stereocenters. The molecular formula is C13H23ClN6O3. The van der Waals surface area contributed by atoms with E-state index in [1.807, 2.05) is 0 Å². The predicted molar refractivity (Wildman–Crippen MR) is 83.2 cm³/mol. The Bertz CT molecular complexity index is 534. The Balaban J connectivity index is 0.00000192. The molecule has 1 aromatic rings. The van der Waals surface area contributed by atoms with Gasteiger partial charge in [-0.05, 0) is 31.1 Å². The molecule has 0 aliphatic carbocycles. The van der Waals surface area contributed by atoms with Gasteiger partial charge >= 0.3 is 0 Å². The zero-order valence-corrected chi connectivity index (χ0v) is 14.2. The smallest absolute Gasteiger partial charge is 0.255 e. The molecule has 3 heterocycles. The van der Waals surface area contributed by atoms with E-state index in [2.05, 4.69) is 20.7 Å². The first kappa shape index (κ1) is 18.1. The number of aromatic nitrogens is 4. The molecule has 1 N–H and O–H groups in total. The number of aryl methyl sites for hydroxylation is 1. The molecule has 0 bridgehead atoms. The van der Waals surface area contributed by atoms with E-state index in [-0.39, 0.29) is 24.4 Å². The number of hydrogen-bond acceptors (Lipinski definition) is 7. The van der Waals surface area contributed by atoms with E-state index in [1.54, 1.807) is 19.1 Å². The second kappa shape index (κ2) is 7.52. The second-order valence-corrected chi connectivity index (χ2v) is 5.70. The van der Waals surface area contributed by atoms with Gasteiger partial charge in [-0.1, -0.05) is 0 Å². The number of morpholine rings is 1. The van der Waals surface area contributed by atoms with Gasteiger partial charge < -0.3 is 19.7 Å². The normalized spacial score (nSPS) is 24.1. The van der Waals surface area contributed by atoms with Crippen molar-refractivity contribution in [1.82, 2.24) is 30.4 Å².